The van der Waals surface area contributed by atoms with E-state index in [1.807, 2.05) is 37.3 Å². The maximum absolute atomic E-state index is 12.4. The zero-order valence-electron chi connectivity index (χ0n) is 14.4. The molecule has 2 amide bonds. The molecule has 3 rings (SSSR count). The van der Waals surface area contributed by atoms with Crippen LogP contribution in [-0.2, 0) is 11.3 Å². The molecule has 0 saturated carbocycles. The normalized spacial score (nSPS) is 16.4. The van der Waals surface area contributed by atoms with Crippen LogP contribution in [0.25, 0.3) is 0 Å². The topological polar surface area (TPSA) is 67.0 Å². The predicted molar refractivity (Wildman–Crippen MR) is 93.1 cm³/mol. The second-order valence-corrected chi connectivity index (χ2v) is 6.35. The number of carbonyl (C=O) groups excluding carboxylic acids is 2. The van der Waals surface area contributed by atoms with Crippen LogP contribution in [0.15, 0.2) is 53.1 Å². The summed E-state index contributed by atoms with van der Waals surface area (Å²) in [4.78, 5) is 27.7. The lowest BCUT2D eigenvalue weighted by Crippen LogP contribution is -3.19. The molecule has 0 spiro atoms. The molecule has 2 N–H and O–H groups in total. The molecule has 0 radical (unpaired) electrons. The maximum Gasteiger partial charge on any atom is 0.289 e. The largest absolute Gasteiger partial charge is 0.459 e. The molecule has 0 bridgehead atoms. The molecule has 1 saturated heterocycles. The minimum atomic E-state index is -0.135. The number of quaternary nitrogens is 1. The number of furan rings is 1. The minimum Gasteiger partial charge on any atom is -0.459 e. The Hall–Kier alpha value is -2.60. The summed E-state index contributed by atoms with van der Waals surface area (Å²) in [6.45, 7) is 5.26. The van der Waals surface area contributed by atoms with Crippen LogP contribution in [0.1, 0.15) is 23.0 Å². The highest BCUT2D eigenvalue weighted by molar-refractivity contribution is 5.91. The molecule has 6 nitrogen and oxygen atoms in total. The van der Waals surface area contributed by atoms with E-state index >= 15 is 0 Å². The van der Waals surface area contributed by atoms with E-state index in [1.54, 1.807) is 17.0 Å². The fourth-order valence-electron chi connectivity index (χ4n) is 3.11. The molecule has 1 atom stereocenters. The predicted octanol–water partition coefficient (Wildman–Crippen LogP) is 0.325. The first-order valence-electron chi connectivity index (χ1n) is 8.64. The van der Waals surface area contributed by atoms with Gasteiger partial charge in [-0.3, -0.25) is 9.59 Å². The molecule has 132 valence electrons. The molecule has 25 heavy (non-hydrogen) atoms. The third-order valence-corrected chi connectivity index (χ3v) is 4.74. The van der Waals surface area contributed by atoms with Crippen molar-refractivity contribution < 1.29 is 18.9 Å². The van der Waals surface area contributed by atoms with E-state index < -0.39 is 0 Å². The molecule has 1 aliphatic heterocycles. The number of hydrogen-bond acceptors (Lipinski definition) is 3. The standard InChI is InChI=1S/C19H23N3O3/c1-15(18(23)20-14-16-6-3-2-4-7-16)21-9-11-22(12-10-21)19(24)17-8-5-13-25-17/h2-8,13,15H,9-12,14H2,1H3,(H,20,23)/p+1/t15-/m0/s1. The van der Waals surface area contributed by atoms with Gasteiger partial charge in [0.2, 0.25) is 0 Å². The fourth-order valence-corrected chi connectivity index (χ4v) is 3.11. The summed E-state index contributed by atoms with van der Waals surface area (Å²) < 4.78 is 5.17. The Labute approximate surface area is 147 Å². The number of amides is 2. The van der Waals surface area contributed by atoms with Crippen LogP contribution in [0.3, 0.4) is 0 Å². The van der Waals surface area contributed by atoms with Gasteiger partial charge in [-0.2, -0.15) is 0 Å². The number of nitrogens with one attached hydrogen (secondary N) is 2. The monoisotopic (exact) mass is 342 g/mol. The lowest BCUT2D eigenvalue weighted by Gasteiger charge is -2.34. The summed E-state index contributed by atoms with van der Waals surface area (Å²) in [6, 6.07) is 13.1. The molecule has 1 aliphatic rings. The Morgan fingerprint density at radius 3 is 2.52 bits per heavy atom. The lowest BCUT2D eigenvalue weighted by atomic mass is 10.2. The summed E-state index contributed by atoms with van der Waals surface area (Å²) >= 11 is 0. The summed E-state index contributed by atoms with van der Waals surface area (Å²) in [5.74, 6) is 0.340. The molecule has 0 aliphatic carbocycles. The molecule has 1 fully saturated rings. The average molecular weight is 342 g/mol. The quantitative estimate of drug-likeness (QED) is 0.823. The number of piperazine rings is 1. The van der Waals surface area contributed by atoms with Crippen molar-refractivity contribution in [2.24, 2.45) is 0 Å². The van der Waals surface area contributed by atoms with E-state index in [4.69, 9.17) is 4.42 Å². The molecule has 2 heterocycles. The van der Waals surface area contributed by atoms with E-state index in [1.165, 1.54) is 11.2 Å². The van der Waals surface area contributed by atoms with Crippen molar-refractivity contribution in [3.8, 4) is 0 Å². The number of benzene rings is 1. The van der Waals surface area contributed by atoms with Crippen LogP contribution in [0.5, 0.6) is 0 Å². The Bertz CT molecular complexity index is 692. The van der Waals surface area contributed by atoms with Gasteiger partial charge < -0.3 is 19.5 Å². The molecule has 0 unspecified atom stereocenters. The van der Waals surface area contributed by atoms with Gasteiger partial charge in [0.05, 0.1) is 32.4 Å². The third kappa shape index (κ3) is 4.28. The van der Waals surface area contributed by atoms with Gasteiger partial charge in [0, 0.05) is 6.54 Å². The van der Waals surface area contributed by atoms with Crippen LogP contribution >= 0.6 is 0 Å². The van der Waals surface area contributed by atoms with Gasteiger partial charge in [0.1, 0.15) is 0 Å². The number of hydrogen-bond donors (Lipinski definition) is 2. The van der Waals surface area contributed by atoms with Gasteiger partial charge in [-0.1, -0.05) is 30.3 Å². The highest BCUT2D eigenvalue weighted by atomic mass is 16.3. The van der Waals surface area contributed by atoms with Gasteiger partial charge in [-0.05, 0) is 24.6 Å². The SMILES string of the molecule is C[C@@H](C(=O)NCc1ccccc1)[NH+]1CCN(C(=O)c2ccco2)CC1. The van der Waals surface area contributed by atoms with Crippen LogP contribution in [0.2, 0.25) is 0 Å². The second kappa shape index (κ2) is 7.98. The van der Waals surface area contributed by atoms with E-state index in [-0.39, 0.29) is 17.9 Å². The maximum atomic E-state index is 12.4. The second-order valence-electron chi connectivity index (χ2n) is 6.35. The highest BCUT2D eigenvalue weighted by Gasteiger charge is 2.31. The van der Waals surface area contributed by atoms with Crippen molar-refractivity contribution in [1.82, 2.24) is 10.2 Å². The van der Waals surface area contributed by atoms with Crippen LogP contribution in [0, 0.1) is 0 Å². The van der Waals surface area contributed by atoms with Crippen molar-refractivity contribution in [3.05, 3.63) is 60.1 Å². The van der Waals surface area contributed by atoms with E-state index in [2.05, 4.69) is 5.32 Å². The van der Waals surface area contributed by atoms with Crippen LogP contribution in [-0.4, -0.2) is 48.9 Å². The summed E-state index contributed by atoms with van der Waals surface area (Å²) in [7, 11) is 0. The molecule has 6 heteroatoms. The molecule has 2 aromatic rings. The Balaban J connectivity index is 1.47. The van der Waals surface area contributed by atoms with Crippen molar-refractivity contribution in [2.45, 2.75) is 19.5 Å². The first-order chi connectivity index (χ1) is 12.1. The summed E-state index contributed by atoms with van der Waals surface area (Å²) in [5.41, 5.74) is 1.09. The summed E-state index contributed by atoms with van der Waals surface area (Å²) in [6.07, 6.45) is 1.51. The van der Waals surface area contributed by atoms with Gasteiger partial charge in [0.15, 0.2) is 11.8 Å². The minimum absolute atomic E-state index is 0.0460. The highest BCUT2D eigenvalue weighted by Crippen LogP contribution is 2.05. The van der Waals surface area contributed by atoms with Crippen molar-refractivity contribution in [3.63, 3.8) is 0 Å². The van der Waals surface area contributed by atoms with Crippen molar-refractivity contribution in [2.75, 3.05) is 26.2 Å². The van der Waals surface area contributed by atoms with Crippen LogP contribution in [0.4, 0.5) is 0 Å². The Kier molecular flexibility index (Phi) is 5.50. The van der Waals surface area contributed by atoms with E-state index in [0.717, 1.165) is 18.7 Å². The first-order valence-corrected chi connectivity index (χ1v) is 8.64. The molecular formula is C19H24N3O3+. The van der Waals surface area contributed by atoms with Crippen LogP contribution < -0.4 is 10.2 Å². The Morgan fingerprint density at radius 1 is 1.16 bits per heavy atom. The van der Waals surface area contributed by atoms with E-state index in [9.17, 15) is 9.59 Å². The molecule has 1 aromatic carbocycles. The number of nitrogens with zero attached hydrogens (tertiary/aromatic N) is 1. The van der Waals surface area contributed by atoms with Gasteiger partial charge >= 0.3 is 0 Å². The number of rotatable bonds is 5. The van der Waals surface area contributed by atoms with E-state index in [0.29, 0.717) is 25.4 Å². The zero-order valence-corrected chi connectivity index (χ0v) is 14.4. The van der Waals surface area contributed by atoms with Crippen molar-refractivity contribution >= 4 is 11.8 Å². The Morgan fingerprint density at radius 2 is 1.88 bits per heavy atom. The third-order valence-electron chi connectivity index (χ3n) is 4.74. The lowest BCUT2D eigenvalue weighted by molar-refractivity contribution is -0.917. The van der Waals surface area contributed by atoms with Gasteiger partial charge in [-0.15, -0.1) is 0 Å². The molecule has 1 aromatic heterocycles. The smallest absolute Gasteiger partial charge is 0.289 e. The van der Waals surface area contributed by atoms with Crippen molar-refractivity contribution in [1.29, 1.82) is 0 Å². The fraction of sp³-hybridized carbons (Fsp3) is 0.368. The first kappa shape index (κ1) is 17.2. The molecular weight excluding hydrogens is 318 g/mol. The zero-order chi connectivity index (χ0) is 17.6. The summed E-state index contributed by atoms with van der Waals surface area (Å²) in [5, 5.41) is 3.00. The number of carbonyl (C=O) groups is 2. The average Bonchev–Trinajstić information content (AvgIpc) is 3.20. The van der Waals surface area contributed by atoms with Gasteiger partial charge in [-0.25, -0.2) is 0 Å². The van der Waals surface area contributed by atoms with Gasteiger partial charge in [0.25, 0.3) is 11.8 Å².